The summed E-state index contributed by atoms with van der Waals surface area (Å²) in [5.41, 5.74) is 2.80. The van der Waals surface area contributed by atoms with E-state index in [1.54, 1.807) is 7.11 Å². The molecule has 2 aromatic carbocycles. The molecule has 0 radical (unpaired) electrons. The first kappa shape index (κ1) is 18.5. The highest BCUT2D eigenvalue weighted by atomic mass is 16.5. The number of methoxy groups -OCH3 is 1. The Kier molecular flexibility index (Phi) is 5.03. The normalized spacial score (nSPS) is 22.0. The standard InChI is InChI=1S/C22H27N5O/c1-16-11-13-22(14-12-16,23-19-9-4-5-10-20(19)28-3)21-24-25-26-27(21)18-8-6-7-17(2)15-18/h4-10,15-16,23H,11-14H2,1-3H3. The van der Waals surface area contributed by atoms with Gasteiger partial charge in [-0.1, -0.05) is 31.2 Å². The molecular formula is C22H27N5O. The Labute approximate surface area is 165 Å². The number of para-hydroxylation sites is 2. The molecule has 0 saturated heterocycles. The average Bonchev–Trinajstić information content (AvgIpc) is 3.21. The zero-order valence-electron chi connectivity index (χ0n) is 16.7. The van der Waals surface area contributed by atoms with Gasteiger partial charge in [0.1, 0.15) is 5.75 Å². The van der Waals surface area contributed by atoms with E-state index in [1.807, 2.05) is 28.9 Å². The van der Waals surface area contributed by atoms with E-state index < -0.39 is 0 Å². The minimum atomic E-state index is -0.339. The predicted molar refractivity (Wildman–Crippen MR) is 110 cm³/mol. The molecule has 146 valence electrons. The van der Waals surface area contributed by atoms with Crippen molar-refractivity contribution in [3.63, 3.8) is 0 Å². The molecule has 1 aliphatic rings. The van der Waals surface area contributed by atoms with Gasteiger partial charge in [0, 0.05) is 0 Å². The number of ether oxygens (including phenoxy) is 1. The molecule has 6 nitrogen and oxygen atoms in total. The Morgan fingerprint density at radius 2 is 1.89 bits per heavy atom. The van der Waals surface area contributed by atoms with Crippen LogP contribution in [0.5, 0.6) is 5.75 Å². The van der Waals surface area contributed by atoms with Crippen molar-refractivity contribution in [1.29, 1.82) is 0 Å². The lowest BCUT2D eigenvalue weighted by Crippen LogP contribution is -2.41. The van der Waals surface area contributed by atoms with E-state index in [2.05, 4.69) is 59.0 Å². The number of hydrogen-bond donors (Lipinski definition) is 1. The van der Waals surface area contributed by atoms with Gasteiger partial charge in [0.15, 0.2) is 5.82 Å². The molecule has 1 aliphatic carbocycles. The third kappa shape index (κ3) is 3.46. The lowest BCUT2D eigenvalue weighted by molar-refractivity contribution is 0.254. The third-order valence-corrected chi connectivity index (χ3v) is 5.75. The summed E-state index contributed by atoms with van der Waals surface area (Å²) in [7, 11) is 1.70. The van der Waals surface area contributed by atoms with Gasteiger partial charge >= 0.3 is 0 Å². The van der Waals surface area contributed by atoms with Crippen molar-refractivity contribution >= 4 is 5.69 Å². The van der Waals surface area contributed by atoms with Gasteiger partial charge in [0.2, 0.25) is 0 Å². The van der Waals surface area contributed by atoms with Crippen LogP contribution in [-0.4, -0.2) is 27.3 Å². The van der Waals surface area contributed by atoms with Gasteiger partial charge in [0.05, 0.1) is 24.0 Å². The van der Waals surface area contributed by atoms with Crippen molar-refractivity contribution in [1.82, 2.24) is 20.2 Å². The lowest BCUT2D eigenvalue weighted by atomic mass is 9.76. The van der Waals surface area contributed by atoms with Gasteiger partial charge in [0.25, 0.3) is 0 Å². The Morgan fingerprint density at radius 3 is 2.64 bits per heavy atom. The van der Waals surface area contributed by atoms with Crippen LogP contribution in [0, 0.1) is 12.8 Å². The molecule has 0 atom stereocenters. The Morgan fingerprint density at radius 1 is 1.11 bits per heavy atom. The molecule has 1 heterocycles. The van der Waals surface area contributed by atoms with Crippen LogP contribution in [0.25, 0.3) is 5.69 Å². The van der Waals surface area contributed by atoms with Crippen LogP contribution < -0.4 is 10.1 Å². The molecule has 0 aliphatic heterocycles. The maximum Gasteiger partial charge on any atom is 0.181 e. The molecule has 6 heteroatoms. The largest absolute Gasteiger partial charge is 0.495 e. The summed E-state index contributed by atoms with van der Waals surface area (Å²) >= 11 is 0. The summed E-state index contributed by atoms with van der Waals surface area (Å²) < 4.78 is 7.46. The van der Waals surface area contributed by atoms with E-state index >= 15 is 0 Å². The minimum absolute atomic E-state index is 0.339. The van der Waals surface area contributed by atoms with E-state index in [-0.39, 0.29) is 5.54 Å². The van der Waals surface area contributed by atoms with Crippen LogP contribution in [0.3, 0.4) is 0 Å². The molecule has 1 fully saturated rings. The fraction of sp³-hybridized carbons (Fsp3) is 0.409. The maximum atomic E-state index is 5.58. The molecule has 0 bridgehead atoms. The van der Waals surface area contributed by atoms with Crippen molar-refractivity contribution in [2.45, 2.75) is 45.1 Å². The molecule has 1 N–H and O–H groups in total. The molecule has 0 unspecified atom stereocenters. The number of nitrogens with zero attached hydrogens (tertiary/aromatic N) is 4. The first-order valence-electron chi connectivity index (χ1n) is 9.88. The Balaban J connectivity index is 1.79. The van der Waals surface area contributed by atoms with Gasteiger partial charge in [-0.15, -0.1) is 5.10 Å². The molecule has 1 saturated carbocycles. The van der Waals surface area contributed by atoms with E-state index in [0.29, 0.717) is 5.92 Å². The lowest BCUT2D eigenvalue weighted by Gasteiger charge is -2.40. The predicted octanol–water partition coefficient (Wildman–Crippen LogP) is 4.50. The zero-order valence-corrected chi connectivity index (χ0v) is 16.7. The van der Waals surface area contributed by atoms with Gasteiger partial charge < -0.3 is 10.1 Å². The van der Waals surface area contributed by atoms with Crippen molar-refractivity contribution in [3.8, 4) is 11.4 Å². The van der Waals surface area contributed by atoms with Crippen LogP contribution in [-0.2, 0) is 5.54 Å². The Hall–Kier alpha value is -2.89. The van der Waals surface area contributed by atoms with Crippen molar-refractivity contribution in [2.24, 2.45) is 5.92 Å². The number of anilines is 1. The maximum absolute atomic E-state index is 5.58. The quantitative estimate of drug-likeness (QED) is 0.709. The second-order valence-electron chi connectivity index (χ2n) is 7.84. The van der Waals surface area contributed by atoms with E-state index in [9.17, 15) is 0 Å². The van der Waals surface area contributed by atoms with Crippen LogP contribution in [0.1, 0.15) is 44.0 Å². The number of rotatable bonds is 5. The van der Waals surface area contributed by atoms with Crippen LogP contribution in [0.4, 0.5) is 5.69 Å². The second kappa shape index (κ2) is 7.62. The summed E-state index contributed by atoms with van der Waals surface area (Å²) in [6.07, 6.45) is 4.20. The third-order valence-electron chi connectivity index (χ3n) is 5.75. The smallest absolute Gasteiger partial charge is 0.181 e. The van der Waals surface area contributed by atoms with E-state index in [4.69, 9.17) is 4.74 Å². The summed E-state index contributed by atoms with van der Waals surface area (Å²) in [6.45, 7) is 4.40. The highest BCUT2D eigenvalue weighted by molar-refractivity contribution is 5.58. The number of nitrogens with one attached hydrogen (secondary N) is 1. The first-order chi connectivity index (χ1) is 13.6. The summed E-state index contributed by atoms with van der Waals surface area (Å²) in [4.78, 5) is 0. The minimum Gasteiger partial charge on any atom is -0.495 e. The number of aromatic nitrogens is 4. The number of hydrogen-bond acceptors (Lipinski definition) is 5. The highest BCUT2D eigenvalue weighted by Crippen LogP contribution is 2.43. The van der Waals surface area contributed by atoms with Gasteiger partial charge in [-0.3, -0.25) is 0 Å². The molecule has 0 spiro atoms. The topological polar surface area (TPSA) is 64.9 Å². The SMILES string of the molecule is COc1ccccc1NC1(c2nnnn2-c2cccc(C)c2)CCC(C)CC1. The van der Waals surface area contributed by atoms with Crippen molar-refractivity contribution in [3.05, 3.63) is 59.9 Å². The van der Waals surface area contributed by atoms with E-state index in [1.165, 1.54) is 5.56 Å². The summed E-state index contributed by atoms with van der Waals surface area (Å²) in [6, 6.07) is 16.3. The first-order valence-corrected chi connectivity index (χ1v) is 9.88. The van der Waals surface area contributed by atoms with Crippen LogP contribution in [0.2, 0.25) is 0 Å². The number of aryl methyl sites for hydroxylation is 1. The Bertz CT molecular complexity index is 943. The van der Waals surface area contributed by atoms with Crippen LogP contribution in [0.15, 0.2) is 48.5 Å². The number of benzene rings is 2. The zero-order chi connectivity index (χ0) is 19.6. The summed E-state index contributed by atoms with van der Waals surface area (Å²) in [5.74, 6) is 2.39. The van der Waals surface area contributed by atoms with Gasteiger partial charge in [-0.2, -0.15) is 4.68 Å². The highest BCUT2D eigenvalue weighted by Gasteiger charge is 2.41. The van der Waals surface area contributed by atoms with Crippen molar-refractivity contribution in [2.75, 3.05) is 12.4 Å². The number of tetrazole rings is 1. The molecule has 28 heavy (non-hydrogen) atoms. The fourth-order valence-electron chi connectivity index (χ4n) is 4.08. The van der Waals surface area contributed by atoms with Crippen LogP contribution >= 0.6 is 0 Å². The monoisotopic (exact) mass is 377 g/mol. The van der Waals surface area contributed by atoms with Gasteiger partial charge in [-0.25, -0.2) is 0 Å². The second-order valence-corrected chi connectivity index (χ2v) is 7.84. The molecule has 1 aromatic heterocycles. The fourth-order valence-corrected chi connectivity index (χ4v) is 4.08. The van der Waals surface area contributed by atoms with Gasteiger partial charge in [-0.05, 0) is 78.8 Å². The van der Waals surface area contributed by atoms with Crippen molar-refractivity contribution < 1.29 is 4.74 Å². The average molecular weight is 377 g/mol. The summed E-state index contributed by atoms with van der Waals surface area (Å²) in [5, 5.41) is 16.6. The molecule has 0 amide bonds. The molecule has 4 rings (SSSR count). The molecular weight excluding hydrogens is 350 g/mol. The van der Waals surface area contributed by atoms with E-state index in [0.717, 1.165) is 48.6 Å². The molecule has 3 aromatic rings.